The fraction of sp³-hybridized carbons (Fsp3) is 0.333. The Bertz CT molecular complexity index is 1330. The third-order valence-electron chi connectivity index (χ3n) is 6.81. The summed E-state index contributed by atoms with van der Waals surface area (Å²) in [6.07, 6.45) is 6.06. The van der Waals surface area contributed by atoms with Crippen LogP contribution in [0.5, 0.6) is 0 Å². The van der Waals surface area contributed by atoms with Gasteiger partial charge in [0.2, 0.25) is 0 Å². The Labute approximate surface area is 203 Å². The number of aliphatic hydroxyl groups excluding tert-OH is 2. The van der Waals surface area contributed by atoms with Crippen LogP contribution >= 0.6 is 0 Å². The second-order valence-corrected chi connectivity index (χ2v) is 9.31. The zero-order valence-electron chi connectivity index (χ0n) is 19.6. The van der Waals surface area contributed by atoms with Gasteiger partial charge in [-0.05, 0) is 48.2 Å². The lowest BCUT2D eigenvalue weighted by atomic mass is 9.92. The molecule has 3 aromatic heterocycles. The number of piperidine rings is 1. The first-order valence-electron chi connectivity index (χ1n) is 11.8. The second kappa shape index (κ2) is 9.73. The van der Waals surface area contributed by atoms with E-state index in [1.165, 1.54) is 12.3 Å². The topological polar surface area (TPSA) is 109 Å². The molecule has 0 radical (unpaired) electrons. The molecular formula is C27H29FN4O3. The van der Waals surface area contributed by atoms with Crippen molar-refractivity contribution in [2.75, 3.05) is 18.0 Å². The molecule has 0 bridgehead atoms. The Morgan fingerprint density at radius 3 is 2.77 bits per heavy atom. The van der Waals surface area contributed by atoms with Crippen LogP contribution in [0, 0.1) is 11.7 Å². The number of nitrogens with two attached hydrogens (primary N) is 1. The van der Waals surface area contributed by atoms with Crippen LogP contribution < -0.4 is 10.6 Å². The summed E-state index contributed by atoms with van der Waals surface area (Å²) in [7, 11) is 0. The summed E-state index contributed by atoms with van der Waals surface area (Å²) in [5.41, 5.74) is 11.9. The van der Waals surface area contributed by atoms with Crippen molar-refractivity contribution < 1.29 is 19.0 Å². The first kappa shape index (κ1) is 23.4. The fourth-order valence-electron chi connectivity index (χ4n) is 4.85. The average molecular weight is 477 g/mol. The lowest BCUT2D eigenvalue weighted by Crippen LogP contribution is -2.55. The van der Waals surface area contributed by atoms with Gasteiger partial charge in [-0.1, -0.05) is 19.1 Å². The Hall–Kier alpha value is -3.33. The predicted molar refractivity (Wildman–Crippen MR) is 132 cm³/mol. The number of anilines is 1. The molecule has 1 saturated heterocycles. The maximum atomic E-state index is 14.7. The number of pyridine rings is 2. The Balaban J connectivity index is 1.39. The number of fused-ring (bicyclic) bond motifs is 1. The summed E-state index contributed by atoms with van der Waals surface area (Å²) in [6.45, 7) is 3.12. The van der Waals surface area contributed by atoms with E-state index in [4.69, 9.17) is 15.1 Å². The molecule has 8 heteroatoms. The maximum Gasteiger partial charge on any atom is 0.152 e. The van der Waals surface area contributed by atoms with Crippen molar-refractivity contribution in [3.63, 3.8) is 0 Å². The van der Waals surface area contributed by atoms with E-state index in [0.717, 1.165) is 29.9 Å². The number of halogens is 1. The van der Waals surface area contributed by atoms with Crippen LogP contribution in [0.15, 0.2) is 59.5 Å². The largest absolute Gasteiger partial charge is 0.462 e. The van der Waals surface area contributed by atoms with E-state index >= 15 is 0 Å². The number of hydrogen-bond acceptors (Lipinski definition) is 7. The van der Waals surface area contributed by atoms with Gasteiger partial charge in [0.15, 0.2) is 5.58 Å². The summed E-state index contributed by atoms with van der Waals surface area (Å²) in [5, 5.41) is 19.5. The number of hydrogen-bond donors (Lipinski definition) is 3. The molecule has 1 fully saturated rings. The zero-order chi connectivity index (χ0) is 24.5. The number of furan rings is 1. The van der Waals surface area contributed by atoms with Crippen LogP contribution in [0.25, 0.3) is 22.2 Å². The quantitative estimate of drug-likeness (QED) is 0.391. The molecule has 182 valence electrons. The fourth-order valence-corrected chi connectivity index (χ4v) is 4.85. The van der Waals surface area contributed by atoms with E-state index in [2.05, 4.69) is 9.88 Å². The molecule has 0 saturated carbocycles. The monoisotopic (exact) mass is 476 g/mol. The molecule has 0 amide bonds. The van der Waals surface area contributed by atoms with Gasteiger partial charge < -0.3 is 25.3 Å². The molecular weight excluding hydrogens is 447 g/mol. The SMILES string of the molecule is C[C@H]1CN(c2ccncc2CCc2ccc3occ(-c4ccc(CO)cc4F)c3n2)C[C@@H](N)[C@@H]1O. The normalized spacial score (nSPS) is 20.5. The van der Waals surface area contributed by atoms with Gasteiger partial charge in [0.1, 0.15) is 17.6 Å². The van der Waals surface area contributed by atoms with E-state index in [1.807, 2.05) is 31.3 Å². The standard InChI is InChI=1S/C27H29FN4O3/c1-16-12-32(13-23(29)27(16)34)24-8-9-30-11-18(24)3-4-19-5-7-25-26(31-19)21(15-35-25)20-6-2-17(14-33)10-22(20)28/h2,5-11,15-16,23,27,33-34H,3-4,12-14,29H2,1H3/t16-,23+,27+/m0/s1. The van der Waals surface area contributed by atoms with Crippen LogP contribution in [0.1, 0.15) is 23.7 Å². The lowest BCUT2D eigenvalue weighted by Gasteiger charge is -2.40. The number of aliphatic hydroxyl groups is 2. The van der Waals surface area contributed by atoms with Crippen molar-refractivity contribution >= 4 is 16.8 Å². The molecule has 4 heterocycles. The molecule has 0 aliphatic carbocycles. The molecule has 1 aliphatic rings. The van der Waals surface area contributed by atoms with Crippen molar-refractivity contribution in [2.45, 2.75) is 38.5 Å². The van der Waals surface area contributed by atoms with Crippen molar-refractivity contribution in [3.05, 3.63) is 77.7 Å². The molecule has 35 heavy (non-hydrogen) atoms. The molecule has 5 rings (SSSR count). The van der Waals surface area contributed by atoms with Crippen molar-refractivity contribution in [1.29, 1.82) is 0 Å². The molecule has 4 N–H and O–H groups in total. The van der Waals surface area contributed by atoms with Gasteiger partial charge >= 0.3 is 0 Å². The highest BCUT2D eigenvalue weighted by molar-refractivity contribution is 5.91. The van der Waals surface area contributed by atoms with Crippen LogP contribution in [0.4, 0.5) is 10.1 Å². The number of aromatic nitrogens is 2. The van der Waals surface area contributed by atoms with Crippen molar-refractivity contribution in [2.24, 2.45) is 11.7 Å². The third-order valence-corrected chi connectivity index (χ3v) is 6.81. The highest BCUT2D eigenvalue weighted by Gasteiger charge is 2.31. The Morgan fingerprint density at radius 1 is 1.14 bits per heavy atom. The van der Waals surface area contributed by atoms with Gasteiger partial charge in [-0.2, -0.15) is 0 Å². The van der Waals surface area contributed by atoms with Crippen molar-refractivity contribution in [3.8, 4) is 11.1 Å². The molecule has 0 unspecified atom stereocenters. The molecule has 1 aromatic carbocycles. The smallest absolute Gasteiger partial charge is 0.152 e. The minimum absolute atomic E-state index is 0.0789. The Kier molecular flexibility index (Phi) is 6.51. The molecule has 7 nitrogen and oxygen atoms in total. The van der Waals surface area contributed by atoms with Gasteiger partial charge in [0.25, 0.3) is 0 Å². The summed E-state index contributed by atoms with van der Waals surface area (Å²) < 4.78 is 20.3. The van der Waals surface area contributed by atoms with E-state index in [-0.39, 0.29) is 18.6 Å². The van der Waals surface area contributed by atoms with Gasteiger partial charge in [-0.15, -0.1) is 0 Å². The minimum atomic E-state index is -0.499. The third kappa shape index (κ3) is 4.65. The van der Waals surface area contributed by atoms with Crippen LogP contribution in [0.2, 0.25) is 0 Å². The summed E-state index contributed by atoms with van der Waals surface area (Å²) in [6, 6.07) is 10.1. The second-order valence-electron chi connectivity index (χ2n) is 9.31. The summed E-state index contributed by atoms with van der Waals surface area (Å²) >= 11 is 0. The summed E-state index contributed by atoms with van der Waals surface area (Å²) in [4.78, 5) is 11.3. The number of benzene rings is 1. The molecule has 3 atom stereocenters. The first-order chi connectivity index (χ1) is 16.9. The zero-order valence-corrected chi connectivity index (χ0v) is 19.6. The highest BCUT2D eigenvalue weighted by Crippen LogP contribution is 2.32. The van der Waals surface area contributed by atoms with Crippen LogP contribution in [-0.2, 0) is 19.4 Å². The predicted octanol–water partition coefficient (Wildman–Crippen LogP) is 3.45. The molecule has 1 aliphatic heterocycles. The van der Waals surface area contributed by atoms with E-state index in [0.29, 0.717) is 40.8 Å². The van der Waals surface area contributed by atoms with E-state index in [9.17, 15) is 14.6 Å². The first-order valence-corrected chi connectivity index (χ1v) is 11.8. The van der Waals surface area contributed by atoms with Crippen molar-refractivity contribution in [1.82, 2.24) is 9.97 Å². The van der Waals surface area contributed by atoms with Gasteiger partial charge in [-0.25, -0.2) is 9.37 Å². The maximum absolute atomic E-state index is 14.7. The lowest BCUT2D eigenvalue weighted by molar-refractivity contribution is 0.0784. The summed E-state index contributed by atoms with van der Waals surface area (Å²) in [5.74, 6) is -0.347. The van der Waals surface area contributed by atoms with Gasteiger partial charge in [-0.3, -0.25) is 4.98 Å². The minimum Gasteiger partial charge on any atom is -0.462 e. The Morgan fingerprint density at radius 2 is 2.00 bits per heavy atom. The number of aryl methyl sites for hydroxylation is 2. The molecule has 4 aromatic rings. The number of rotatable bonds is 6. The van der Waals surface area contributed by atoms with E-state index < -0.39 is 11.9 Å². The van der Waals surface area contributed by atoms with Gasteiger partial charge in [0, 0.05) is 60.0 Å². The van der Waals surface area contributed by atoms with Gasteiger partial charge in [0.05, 0.1) is 12.7 Å². The number of nitrogens with zero attached hydrogens (tertiary/aromatic N) is 3. The van der Waals surface area contributed by atoms with Crippen LogP contribution in [0.3, 0.4) is 0 Å². The molecule has 0 spiro atoms. The average Bonchev–Trinajstić information content (AvgIpc) is 3.28. The highest BCUT2D eigenvalue weighted by atomic mass is 19.1. The van der Waals surface area contributed by atoms with Crippen LogP contribution in [-0.4, -0.2) is 45.4 Å². The van der Waals surface area contributed by atoms with E-state index in [1.54, 1.807) is 18.3 Å².